The van der Waals surface area contributed by atoms with E-state index >= 15 is 0 Å². The second kappa shape index (κ2) is 11.5. The molecule has 17 heteroatoms. The first-order chi connectivity index (χ1) is 20.1. The molecule has 3 aliphatic heterocycles. The molecule has 0 saturated carbocycles. The number of nitrogens with zero attached hydrogens (tertiary/aromatic N) is 4. The summed E-state index contributed by atoms with van der Waals surface area (Å²) < 4.78 is 40.1. The van der Waals surface area contributed by atoms with Gasteiger partial charge in [0.1, 0.15) is 23.8 Å². The van der Waals surface area contributed by atoms with Crippen molar-refractivity contribution in [1.82, 2.24) is 25.2 Å². The van der Waals surface area contributed by atoms with Crippen LogP contribution in [0.5, 0.6) is 0 Å². The zero-order valence-corrected chi connectivity index (χ0v) is 23.8. The first kappa shape index (κ1) is 28.9. The highest BCUT2D eigenvalue weighted by molar-refractivity contribution is 8.00. The standard InChI is InChI=1S/C25H31N7O8S2/c26-23-19-20(12-5-1-2-6-13(12)28-23)32(11-27-19)24-22(35)21(34)15(40-24)9-39-42(37,38)31-17(33)8-4-3-7-16-18-14(10-41-16)29-25(36)30-18/h1-2,5-6,11,14-16,18,21-22,24,34-35H,3-4,7-10H2,(H2,26,28)(H,31,33)(H2,29,30,36)/p-1/t14-,15+,16-,18-,21+,22+,24+/m0/s1. The van der Waals surface area contributed by atoms with Crippen LogP contribution in [-0.4, -0.2) is 93.1 Å². The number of carbonyl (C=O) groups excluding carboxylic acids is 1. The van der Waals surface area contributed by atoms with E-state index in [0.717, 1.165) is 12.2 Å². The average Bonchev–Trinajstić information content (AvgIpc) is 3.70. The summed E-state index contributed by atoms with van der Waals surface area (Å²) in [4.78, 5) is 20.1. The summed E-state index contributed by atoms with van der Waals surface area (Å²) in [5.41, 5.74) is 7.57. The topological polar surface area (TPSA) is 226 Å². The number of aromatic nitrogens is 3. The molecule has 15 nitrogen and oxygen atoms in total. The maximum Gasteiger partial charge on any atom is 0.380 e. The number of benzene rings is 1. The second-order valence-electron chi connectivity index (χ2n) is 10.5. The molecule has 0 spiro atoms. The van der Waals surface area contributed by atoms with E-state index in [1.165, 1.54) is 10.9 Å². The van der Waals surface area contributed by atoms with Crippen molar-refractivity contribution in [2.24, 2.45) is 4.40 Å². The highest BCUT2D eigenvalue weighted by atomic mass is 32.2. The maximum absolute atomic E-state index is 12.4. The van der Waals surface area contributed by atoms with Gasteiger partial charge in [-0.05, 0) is 31.2 Å². The van der Waals surface area contributed by atoms with E-state index in [2.05, 4.69) is 25.0 Å². The van der Waals surface area contributed by atoms with Crippen molar-refractivity contribution in [3.63, 3.8) is 0 Å². The number of imidazole rings is 1. The van der Waals surface area contributed by atoms with E-state index in [0.29, 0.717) is 34.8 Å². The number of pyridine rings is 1. The summed E-state index contributed by atoms with van der Waals surface area (Å²) in [7, 11) is -4.62. The lowest BCUT2D eigenvalue weighted by Crippen LogP contribution is -2.36. The normalized spacial score (nSPS) is 29.7. The minimum absolute atomic E-state index is 0.0601. The number of ether oxygens (including phenoxy) is 1. The zero-order chi connectivity index (χ0) is 29.6. The van der Waals surface area contributed by atoms with E-state index in [4.69, 9.17) is 14.7 Å². The fourth-order valence-corrected chi connectivity index (χ4v) is 7.92. The number of unbranched alkanes of at least 4 members (excludes halogenated alkanes) is 1. The molecule has 0 unspecified atom stereocenters. The molecular formula is C25H30N7O8S2-. The van der Waals surface area contributed by atoms with E-state index in [1.807, 2.05) is 6.07 Å². The number of aliphatic hydroxyl groups excluding tert-OH is 2. The van der Waals surface area contributed by atoms with Crippen LogP contribution < -0.4 is 21.5 Å². The van der Waals surface area contributed by atoms with Crippen molar-refractivity contribution < 1.29 is 37.5 Å². The average molecular weight is 621 g/mol. The van der Waals surface area contributed by atoms with Crippen LogP contribution in [0.25, 0.3) is 21.9 Å². The predicted octanol–water partition coefficient (Wildman–Crippen LogP) is -0.468. The number of nitrogens with one attached hydrogen (secondary N) is 2. The summed E-state index contributed by atoms with van der Waals surface area (Å²) in [5.74, 6) is 0.159. The van der Waals surface area contributed by atoms with Gasteiger partial charge in [0.25, 0.3) is 0 Å². The molecule has 3 aliphatic rings. The van der Waals surface area contributed by atoms with E-state index in [-0.39, 0.29) is 35.6 Å². The molecule has 0 aliphatic carbocycles. The van der Waals surface area contributed by atoms with Gasteiger partial charge in [-0.2, -0.15) is 24.6 Å². The second-order valence-corrected chi connectivity index (χ2v) is 13.0. The number of anilines is 1. The van der Waals surface area contributed by atoms with Gasteiger partial charge < -0.3 is 41.0 Å². The number of carbonyl (C=O) groups is 1. The van der Waals surface area contributed by atoms with Gasteiger partial charge in [-0.1, -0.05) is 24.6 Å². The number of urea groups is 1. The predicted molar refractivity (Wildman–Crippen MR) is 152 cm³/mol. The Balaban J connectivity index is 1.04. The minimum Gasteiger partial charge on any atom is -0.861 e. The molecule has 42 heavy (non-hydrogen) atoms. The first-order valence-corrected chi connectivity index (χ1v) is 15.9. The van der Waals surface area contributed by atoms with Crippen molar-refractivity contribution in [3.8, 4) is 0 Å². The molecule has 6 N–H and O–H groups in total. The monoisotopic (exact) mass is 620 g/mol. The molecule has 7 atom stereocenters. The molecule has 3 saturated heterocycles. The van der Waals surface area contributed by atoms with Crippen LogP contribution in [0, 0.1) is 0 Å². The number of amides is 2. The van der Waals surface area contributed by atoms with Gasteiger partial charge in [0.2, 0.25) is 0 Å². The first-order valence-electron chi connectivity index (χ1n) is 13.5. The minimum atomic E-state index is -4.62. The molecule has 3 fully saturated rings. The maximum atomic E-state index is 12.4. The van der Waals surface area contributed by atoms with Gasteiger partial charge in [0.05, 0.1) is 36.1 Å². The summed E-state index contributed by atoms with van der Waals surface area (Å²) >= 11 is 1.76. The Labute approximate surface area is 244 Å². The fourth-order valence-electron chi connectivity index (χ4n) is 5.67. The van der Waals surface area contributed by atoms with Crippen molar-refractivity contribution in [2.45, 2.75) is 67.6 Å². The van der Waals surface area contributed by atoms with Crippen LogP contribution in [0.1, 0.15) is 31.9 Å². The van der Waals surface area contributed by atoms with E-state index < -0.39 is 47.3 Å². The summed E-state index contributed by atoms with van der Waals surface area (Å²) in [6.07, 6.45) is -2.15. The summed E-state index contributed by atoms with van der Waals surface area (Å²) in [6.45, 7) is -0.674. The quantitative estimate of drug-likeness (QED) is 0.0839. The lowest BCUT2D eigenvalue weighted by atomic mass is 10.0. The van der Waals surface area contributed by atoms with Gasteiger partial charge in [0, 0.05) is 16.4 Å². The third-order valence-electron chi connectivity index (χ3n) is 7.71. The molecule has 3 aromatic rings. The number of fused-ring (bicyclic) bond motifs is 4. The molecule has 226 valence electrons. The Bertz CT molecular complexity index is 1630. The SMILES string of the molecule is Nc1nc2ccccc2c2c1ncn2[C@@H]1O[C@H](COS(=O)(=O)/N=C(\[O-])CCCC[C@@H]2SC[C@@H]3NC(=O)N[C@@H]32)[C@@H](O)[C@H]1O. The highest BCUT2D eigenvalue weighted by Crippen LogP contribution is 2.36. The Kier molecular flexibility index (Phi) is 7.88. The van der Waals surface area contributed by atoms with Crippen LogP contribution >= 0.6 is 11.8 Å². The fraction of sp³-hybridized carbons (Fsp3) is 0.520. The highest BCUT2D eigenvalue weighted by Gasteiger charge is 2.45. The number of aliphatic hydroxyl groups is 2. The number of hydrogen-bond acceptors (Lipinski definition) is 12. The Morgan fingerprint density at radius 3 is 2.90 bits per heavy atom. The number of nitrogens with two attached hydrogens (primary N) is 1. The van der Waals surface area contributed by atoms with Gasteiger partial charge in [0.15, 0.2) is 12.0 Å². The van der Waals surface area contributed by atoms with E-state index in [9.17, 15) is 28.5 Å². The van der Waals surface area contributed by atoms with Crippen molar-refractivity contribution >= 4 is 61.7 Å². The Morgan fingerprint density at radius 1 is 1.26 bits per heavy atom. The number of nitrogen functional groups attached to an aromatic ring is 1. The van der Waals surface area contributed by atoms with Crippen LogP contribution in [0.2, 0.25) is 0 Å². The molecule has 2 aromatic heterocycles. The molecule has 0 radical (unpaired) electrons. The Morgan fingerprint density at radius 2 is 2.07 bits per heavy atom. The van der Waals surface area contributed by atoms with Gasteiger partial charge in [-0.15, -0.1) is 0 Å². The lowest BCUT2D eigenvalue weighted by Gasteiger charge is -2.18. The van der Waals surface area contributed by atoms with Crippen molar-refractivity contribution in [2.75, 3.05) is 18.1 Å². The Hall–Kier alpha value is -3.22. The van der Waals surface area contributed by atoms with Crippen molar-refractivity contribution in [1.29, 1.82) is 0 Å². The van der Waals surface area contributed by atoms with Crippen LogP contribution in [0.15, 0.2) is 35.0 Å². The molecule has 6 rings (SSSR count). The van der Waals surface area contributed by atoms with Gasteiger partial charge in [-0.3, -0.25) is 0 Å². The molecular weight excluding hydrogens is 590 g/mol. The summed E-state index contributed by atoms with van der Waals surface area (Å²) in [6, 6.07) is 7.19. The largest absolute Gasteiger partial charge is 0.861 e. The third kappa shape index (κ3) is 5.59. The van der Waals surface area contributed by atoms with Crippen LogP contribution in [-0.2, 0) is 19.2 Å². The van der Waals surface area contributed by atoms with Gasteiger partial charge in [-0.25, -0.2) is 18.9 Å². The summed E-state index contributed by atoms with van der Waals surface area (Å²) in [5, 5.41) is 40.3. The van der Waals surface area contributed by atoms with Crippen molar-refractivity contribution in [3.05, 3.63) is 30.6 Å². The van der Waals surface area contributed by atoms with Crippen LogP contribution in [0.3, 0.4) is 0 Å². The zero-order valence-electron chi connectivity index (χ0n) is 22.2. The number of thioether (sulfide) groups is 1. The van der Waals surface area contributed by atoms with Gasteiger partial charge >= 0.3 is 16.3 Å². The molecule has 2 amide bonds. The smallest absolute Gasteiger partial charge is 0.380 e. The number of rotatable bonds is 10. The molecule has 5 heterocycles. The third-order valence-corrected chi connectivity index (χ3v) is 10.1. The van der Waals surface area contributed by atoms with Crippen LogP contribution in [0.4, 0.5) is 10.6 Å². The molecule has 1 aromatic carbocycles. The van der Waals surface area contributed by atoms with E-state index in [1.54, 1.807) is 30.0 Å². The lowest BCUT2D eigenvalue weighted by molar-refractivity contribution is -0.218. The number of para-hydroxylation sites is 1. The number of hydrogen-bond donors (Lipinski definition) is 5. The molecule has 0 bridgehead atoms.